The molecule has 0 spiro atoms. The molecule has 0 unspecified atom stereocenters. The minimum Gasteiger partial charge on any atom is -0.497 e. The molecule has 1 saturated carbocycles. The van der Waals surface area contributed by atoms with Crippen LogP contribution in [-0.2, 0) is 19.0 Å². The highest BCUT2D eigenvalue weighted by molar-refractivity contribution is 7.99. The Kier molecular flexibility index (Phi) is 17.5. The van der Waals surface area contributed by atoms with Crippen LogP contribution in [0.15, 0.2) is 36.4 Å². The van der Waals surface area contributed by atoms with Gasteiger partial charge < -0.3 is 67.8 Å². The molecule has 2 fully saturated rings. The van der Waals surface area contributed by atoms with Crippen molar-refractivity contribution in [2.24, 2.45) is 22.9 Å². The van der Waals surface area contributed by atoms with Gasteiger partial charge in [0.2, 0.25) is 5.91 Å². The van der Waals surface area contributed by atoms with Crippen molar-refractivity contribution >= 4 is 56.8 Å². The second kappa shape index (κ2) is 22.0. The van der Waals surface area contributed by atoms with Gasteiger partial charge in [-0.1, -0.05) is 24.4 Å². The fraction of sp³-hybridized carbons (Fsp3) is 0.641. The van der Waals surface area contributed by atoms with Crippen LogP contribution < -0.4 is 38.3 Å². The molecule has 0 bridgehead atoms. The van der Waals surface area contributed by atoms with Crippen LogP contribution in [0.3, 0.4) is 0 Å². The number of rotatable bonds is 21. The Balaban J connectivity index is 0.921. The molecule has 15 nitrogen and oxygen atoms in total. The lowest BCUT2D eigenvalue weighted by molar-refractivity contribution is -0.291. The van der Waals surface area contributed by atoms with E-state index >= 15 is 0 Å². The smallest absolute Gasteiger partial charge is 0.220 e. The van der Waals surface area contributed by atoms with Gasteiger partial charge in [-0.05, 0) is 80.0 Å². The van der Waals surface area contributed by atoms with Gasteiger partial charge in [-0.25, -0.2) is 4.98 Å². The summed E-state index contributed by atoms with van der Waals surface area (Å²) >= 11 is 8.10. The quantitative estimate of drug-likeness (QED) is 0.0550. The van der Waals surface area contributed by atoms with E-state index < -0.39 is 61.0 Å². The number of nitrogens with zero attached hydrogens (tertiary/aromatic N) is 1. The number of halogens is 1. The molecule has 1 saturated heterocycles. The van der Waals surface area contributed by atoms with E-state index in [1.807, 2.05) is 48.2 Å². The highest BCUT2D eigenvalue weighted by Crippen LogP contribution is 2.34. The van der Waals surface area contributed by atoms with Gasteiger partial charge in [-0.15, -0.1) is 0 Å². The Morgan fingerprint density at radius 1 is 0.911 bits per heavy atom. The molecular weight excluding hydrogens is 762 g/mol. The number of amides is 1. The van der Waals surface area contributed by atoms with E-state index in [0.717, 1.165) is 83.3 Å². The molecule has 312 valence electrons. The number of hydrogen-bond donors (Lipinski definition) is 9. The van der Waals surface area contributed by atoms with Crippen molar-refractivity contribution in [2.45, 2.75) is 112 Å². The van der Waals surface area contributed by atoms with Gasteiger partial charge in [-0.2, -0.15) is 11.8 Å². The second-order valence-electron chi connectivity index (χ2n) is 14.6. The van der Waals surface area contributed by atoms with E-state index in [0.29, 0.717) is 37.6 Å². The molecule has 56 heavy (non-hydrogen) atoms. The van der Waals surface area contributed by atoms with Gasteiger partial charge in [-0.3, -0.25) is 4.79 Å². The SMILES string of the molecule is COc1ccc2nc3cc(Cl)ccc3c(NCCCNC(=O)CCCSCCCCCCO[C@@H]3[C@@H](O)[C@H](N)C[C@H](N)[C@H]3O[C@H]3O[C@H](CN)[C@@H](O)[C@H](O)[C@H]3N)c2c1. The van der Waals surface area contributed by atoms with Gasteiger partial charge in [0.15, 0.2) is 6.29 Å². The van der Waals surface area contributed by atoms with Crippen molar-refractivity contribution in [3.8, 4) is 5.75 Å². The Labute approximate surface area is 337 Å². The Morgan fingerprint density at radius 2 is 1.70 bits per heavy atom. The number of methoxy groups -OCH3 is 1. The van der Waals surface area contributed by atoms with E-state index in [9.17, 15) is 20.1 Å². The number of anilines is 1. The summed E-state index contributed by atoms with van der Waals surface area (Å²) in [5, 5.41) is 40.6. The van der Waals surface area contributed by atoms with E-state index in [1.165, 1.54) is 0 Å². The third-order valence-electron chi connectivity index (χ3n) is 10.4. The Morgan fingerprint density at radius 3 is 2.48 bits per heavy atom. The Hall–Kier alpha value is -2.58. The number of benzene rings is 2. The minimum absolute atomic E-state index is 0.0382. The first kappa shape index (κ1) is 44.5. The monoisotopic (exact) mass is 821 g/mol. The lowest BCUT2D eigenvalue weighted by atomic mass is 9.84. The zero-order chi connectivity index (χ0) is 40.2. The number of unbranched alkanes of at least 4 members (excludes halogenated alkanes) is 3. The van der Waals surface area contributed by atoms with Gasteiger partial charge in [0.1, 0.15) is 36.3 Å². The van der Waals surface area contributed by atoms with Gasteiger partial charge in [0.25, 0.3) is 0 Å². The molecule has 1 aromatic heterocycles. The van der Waals surface area contributed by atoms with E-state index in [1.54, 1.807) is 7.11 Å². The van der Waals surface area contributed by atoms with Crippen molar-refractivity contribution < 1.29 is 39.1 Å². The van der Waals surface area contributed by atoms with Crippen molar-refractivity contribution in [2.75, 3.05) is 50.2 Å². The lowest BCUT2D eigenvalue weighted by Gasteiger charge is -2.46. The molecule has 1 aliphatic carbocycles. The number of pyridine rings is 1. The van der Waals surface area contributed by atoms with Crippen LogP contribution in [0.4, 0.5) is 5.69 Å². The first-order chi connectivity index (χ1) is 27.0. The van der Waals surface area contributed by atoms with Gasteiger partial charge in [0, 0.05) is 60.5 Å². The number of fused-ring (bicyclic) bond motifs is 2. The number of thioether (sulfide) groups is 1. The molecule has 0 radical (unpaired) electrons. The third kappa shape index (κ3) is 11.8. The fourth-order valence-electron chi connectivity index (χ4n) is 7.21. The van der Waals surface area contributed by atoms with Gasteiger partial charge >= 0.3 is 0 Å². The average molecular weight is 822 g/mol. The average Bonchev–Trinajstić information content (AvgIpc) is 3.19. The van der Waals surface area contributed by atoms with Crippen molar-refractivity contribution in [3.63, 3.8) is 0 Å². The van der Waals surface area contributed by atoms with Crippen molar-refractivity contribution in [1.82, 2.24) is 10.3 Å². The summed E-state index contributed by atoms with van der Waals surface area (Å²) in [6.45, 7) is 1.60. The minimum atomic E-state index is -1.30. The van der Waals surface area contributed by atoms with E-state index in [2.05, 4.69) is 10.6 Å². The van der Waals surface area contributed by atoms with Crippen LogP contribution in [0.25, 0.3) is 21.8 Å². The molecule has 2 aliphatic rings. The van der Waals surface area contributed by atoms with Crippen LogP contribution >= 0.6 is 23.4 Å². The van der Waals surface area contributed by atoms with E-state index in [-0.39, 0.29) is 12.5 Å². The molecule has 1 aliphatic heterocycles. The summed E-state index contributed by atoms with van der Waals surface area (Å²) in [5.41, 5.74) is 26.9. The molecule has 1 amide bonds. The number of aromatic nitrogens is 1. The number of nitrogens with two attached hydrogens (primary N) is 4. The summed E-state index contributed by atoms with van der Waals surface area (Å²) in [6.07, 6.45) is -0.936. The summed E-state index contributed by atoms with van der Waals surface area (Å²) in [5.74, 6) is 2.75. The maximum atomic E-state index is 12.5. The maximum absolute atomic E-state index is 12.5. The first-order valence-corrected chi connectivity index (χ1v) is 21.1. The van der Waals surface area contributed by atoms with Gasteiger partial charge in [0.05, 0.1) is 36.0 Å². The maximum Gasteiger partial charge on any atom is 0.220 e. The van der Waals surface area contributed by atoms with Crippen LogP contribution in [0.2, 0.25) is 5.02 Å². The zero-order valence-electron chi connectivity index (χ0n) is 32.1. The second-order valence-corrected chi connectivity index (χ2v) is 16.3. The molecular formula is C39H60ClN7O8S. The summed E-state index contributed by atoms with van der Waals surface area (Å²) in [6, 6.07) is 9.31. The van der Waals surface area contributed by atoms with Crippen molar-refractivity contribution in [3.05, 3.63) is 41.4 Å². The molecule has 2 aromatic carbocycles. The number of aliphatic hydroxyl groups is 3. The number of hydrogen-bond acceptors (Lipinski definition) is 15. The standard InChI is InChI=1S/C39H60ClN7O8S/c1-52-23-10-12-28-25(19-23)33(24-11-9-22(40)18-29(24)47-28)46-14-7-13-45-31(48)8-6-17-56-16-5-3-2-4-15-53-38-34(49)26(42)20-27(43)37(38)55-39-32(44)36(51)35(50)30(21-41)54-39/h9-12,18-19,26-27,30,32,34-39,49-51H,2-8,13-17,20-21,41-44H2,1H3,(H,45,48)(H,46,47)/t26-,27+,30-,32-,34+,35-,36-,37-,38-,39-/m1/s1. The predicted octanol–water partition coefficient (Wildman–Crippen LogP) is 1.96. The largest absolute Gasteiger partial charge is 0.497 e. The predicted molar refractivity (Wildman–Crippen MR) is 221 cm³/mol. The van der Waals surface area contributed by atoms with Crippen LogP contribution in [0.1, 0.15) is 51.4 Å². The number of carbonyl (C=O) groups excluding carboxylic acids is 1. The summed E-state index contributed by atoms with van der Waals surface area (Å²) in [7, 11) is 1.64. The van der Waals surface area contributed by atoms with Crippen LogP contribution in [0, 0.1) is 0 Å². The normalized spacial score (nSPS) is 28.1. The highest BCUT2D eigenvalue weighted by Gasteiger charge is 2.48. The number of nitrogens with one attached hydrogen (secondary N) is 2. The Bertz CT molecular complexity index is 1700. The highest BCUT2D eigenvalue weighted by atomic mass is 35.5. The number of aliphatic hydroxyl groups excluding tert-OH is 3. The third-order valence-corrected chi connectivity index (χ3v) is 11.8. The van der Waals surface area contributed by atoms with Crippen LogP contribution in [-0.4, -0.2) is 132 Å². The van der Waals surface area contributed by atoms with Crippen LogP contribution in [0.5, 0.6) is 5.75 Å². The zero-order valence-corrected chi connectivity index (χ0v) is 33.6. The van der Waals surface area contributed by atoms with E-state index in [4.69, 9.17) is 58.5 Å². The fourth-order valence-corrected chi connectivity index (χ4v) is 8.34. The molecule has 10 atom stereocenters. The first-order valence-electron chi connectivity index (χ1n) is 19.6. The summed E-state index contributed by atoms with van der Waals surface area (Å²) in [4.78, 5) is 17.2. The molecule has 2 heterocycles. The molecule has 17 heteroatoms. The van der Waals surface area contributed by atoms with Crippen molar-refractivity contribution in [1.29, 1.82) is 0 Å². The molecule has 13 N–H and O–H groups in total. The topological polar surface area (TPSA) is 256 Å². The number of carbonyl (C=O) groups is 1. The lowest BCUT2D eigenvalue weighted by Crippen LogP contribution is -2.67. The summed E-state index contributed by atoms with van der Waals surface area (Å²) < 4.78 is 23.4. The number of ether oxygens (including phenoxy) is 4. The molecule has 3 aromatic rings. The molecule has 5 rings (SSSR count).